The van der Waals surface area contributed by atoms with Crippen molar-refractivity contribution in [3.63, 3.8) is 0 Å². The summed E-state index contributed by atoms with van der Waals surface area (Å²) >= 11 is 0. The predicted octanol–water partition coefficient (Wildman–Crippen LogP) is 4.28. The predicted molar refractivity (Wildman–Crippen MR) is 116 cm³/mol. The van der Waals surface area contributed by atoms with Crippen LogP contribution in [-0.2, 0) is 19.9 Å². The molecule has 0 spiro atoms. The van der Waals surface area contributed by atoms with E-state index in [1.807, 2.05) is 29.2 Å². The van der Waals surface area contributed by atoms with Crippen LogP contribution in [0, 0.1) is 5.41 Å². The molecule has 5 heteroatoms. The number of ether oxygens (including phenoxy) is 1. The van der Waals surface area contributed by atoms with Crippen LogP contribution in [0.15, 0.2) is 35.4 Å². The van der Waals surface area contributed by atoms with Gasteiger partial charge in [-0.1, -0.05) is 50.8 Å². The van der Waals surface area contributed by atoms with Crippen molar-refractivity contribution in [2.75, 3.05) is 18.1 Å². The average molecular weight is 412 g/mol. The van der Waals surface area contributed by atoms with Crippen LogP contribution < -0.4 is 4.90 Å². The molecule has 0 bridgehead atoms. The number of fused-ring (bicyclic) bond motifs is 3. The molecule has 162 valence electrons. The lowest BCUT2D eigenvalue weighted by atomic mass is 9.82. The normalized spacial score (nSPS) is 30.4. The number of hydrogen-bond acceptors (Lipinski definition) is 5. The molecule has 1 aliphatic carbocycles. The van der Waals surface area contributed by atoms with Gasteiger partial charge in [-0.15, -0.1) is 0 Å². The molecule has 0 amide bonds. The van der Waals surface area contributed by atoms with E-state index in [9.17, 15) is 14.7 Å². The number of anilines is 1. The molecule has 2 aliphatic heterocycles. The van der Waals surface area contributed by atoms with Gasteiger partial charge >= 0.3 is 0 Å². The van der Waals surface area contributed by atoms with Gasteiger partial charge in [0.15, 0.2) is 17.8 Å². The first kappa shape index (κ1) is 21.3. The fourth-order valence-corrected chi connectivity index (χ4v) is 5.44. The highest BCUT2D eigenvalue weighted by molar-refractivity contribution is 6.27. The zero-order valence-corrected chi connectivity index (χ0v) is 18.4. The van der Waals surface area contributed by atoms with Gasteiger partial charge in [-0.2, -0.15) is 0 Å². The van der Waals surface area contributed by atoms with Gasteiger partial charge in [0.05, 0.1) is 6.61 Å². The first-order chi connectivity index (χ1) is 14.3. The average Bonchev–Trinajstić information content (AvgIpc) is 3.28. The monoisotopic (exact) mass is 411 g/mol. The highest BCUT2D eigenvalue weighted by Crippen LogP contribution is 2.51. The lowest BCUT2D eigenvalue weighted by Gasteiger charge is -2.34. The maximum absolute atomic E-state index is 13.4. The number of hydrogen-bond donors (Lipinski definition) is 1. The van der Waals surface area contributed by atoms with Crippen molar-refractivity contribution in [1.29, 1.82) is 0 Å². The highest BCUT2D eigenvalue weighted by atomic mass is 16.5. The smallest absolute Gasteiger partial charge is 0.174 e. The Labute approximate surface area is 179 Å². The van der Waals surface area contributed by atoms with Crippen LogP contribution in [-0.4, -0.2) is 36.1 Å². The second-order valence-corrected chi connectivity index (χ2v) is 9.30. The Kier molecular flexibility index (Phi) is 5.62. The van der Waals surface area contributed by atoms with Crippen LogP contribution in [0.5, 0.6) is 0 Å². The summed E-state index contributed by atoms with van der Waals surface area (Å²) in [4.78, 5) is 28.6. The minimum atomic E-state index is -1.13. The number of allylic oxidation sites excluding steroid dienone is 2. The molecule has 30 heavy (non-hydrogen) atoms. The molecule has 0 radical (unpaired) electrons. The van der Waals surface area contributed by atoms with Crippen molar-refractivity contribution < 1.29 is 19.4 Å². The van der Waals surface area contributed by atoms with Crippen molar-refractivity contribution >= 4 is 17.3 Å². The SMILES string of the molecule is CCCCCCCC1=C(C)C(=O)[C@](C)(CN2c3ccccc3[C@]3(O)CCO[C@H]23)C1=O. The third kappa shape index (κ3) is 3.14. The molecule has 0 saturated carbocycles. The molecule has 4 rings (SSSR count). The fraction of sp³-hybridized carbons (Fsp3) is 0.600. The van der Waals surface area contributed by atoms with Crippen LogP contribution >= 0.6 is 0 Å². The van der Waals surface area contributed by atoms with E-state index in [1.165, 1.54) is 19.3 Å². The fourth-order valence-electron chi connectivity index (χ4n) is 5.44. The van der Waals surface area contributed by atoms with Gasteiger partial charge in [0.1, 0.15) is 11.0 Å². The van der Waals surface area contributed by atoms with E-state index >= 15 is 0 Å². The number of para-hydroxylation sites is 1. The number of carbonyl (C=O) groups is 2. The number of aliphatic hydroxyl groups is 1. The van der Waals surface area contributed by atoms with E-state index in [0.717, 1.165) is 24.1 Å². The van der Waals surface area contributed by atoms with Gasteiger partial charge < -0.3 is 14.7 Å². The summed E-state index contributed by atoms with van der Waals surface area (Å²) in [5, 5.41) is 11.3. The minimum absolute atomic E-state index is 0.0496. The summed E-state index contributed by atoms with van der Waals surface area (Å²) in [6, 6.07) is 7.69. The van der Waals surface area contributed by atoms with Crippen LogP contribution in [0.25, 0.3) is 0 Å². The molecule has 1 saturated heterocycles. The van der Waals surface area contributed by atoms with Crippen LogP contribution in [0.3, 0.4) is 0 Å². The zero-order valence-electron chi connectivity index (χ0n) is 18.4. The number of ketones is 2. The number of Topliss-reactive ketones (excluding diaryl/α,β-unsaturated/α-hetero) is 2. The summed E-state index contributed by atoms with van der Waals surface area (Å²) in [7, 11) is 0. The molecule has 1 N–H and O–H groups in total. The van der Waals surface area contributed by atoms with Gasteiger partial charge in [-0.25, -0.2) is 0 Å². The number of benzene rings is 1. The molecular weight excluding hydrogens is 378 g/mol. The molecule has 1 fully saturated rings. The molecule has 3 atom stereocenters. The van der Waals surface area contributed by atoms with Gasteiger partial charge in [0, 0.05) is 29.8 Å². The Morgan fingerprint density at radius 3 is 2.63 bits per heavy atom. The lowest BCUT2D eigenvalue weighted by Crippen LogP contribution is -2.50. The minimum Gasteiger partial charge on any atom is -0.380 e. The number of carbonyl (C=O) groups excluding carboxylic acids is 2. The molecule has 3 aliphatic rings. The topological polar surface area (TPSA) is 66.8 Å². The molecular formula is C25H33NO4. The standard InChI is InChI=1S/C25H33NO4/c1-4-5-6-7-8-11-18-17(2)21(27)24(3,22(18)28)16-26-20-13-10-9-12-19(20)25(29)14-15-30-23(25)26/h9-10,12-13,23,29H,4-8,11,14-16H2,1-3H3/t23-,24-,25+/m0/s1. The zero-order chi connectivity index (χ0) is 21.5. The maximum Gasteiger partial charge on any atom is 0.174 e. The Balaban J connectivity index is 1.55. The van der Waals surface area contributed by atoms with Crippen LogP contribution in [0.4, 0.5) is 5.69 Å². The third-order valence-electron chi connectivity index (χ3n) is 7.22. The van der Waals surface area contributed by atoms with Gasteiger partial charge in [-0.05, 0) is 38.3 Å². The molecule has 1 aromatic carbocycles. The quantitative estimate of drug-likeness (QED) is 0.511. The molecule has 1 aromatic rings. The summed E-state index contributed by atoms with van der Waals surface area (Å²) in [6.07, 6.45) is 6.24. The van der Waals surface area contributed by atoms with Gasteiger partial charge in [-0.3, -0.25) is 9.59 Å². The molecule has 0 unspecified atom stereocenters. The Hall–Kier alpha value is -1.98. The molecule has 2 heterocycles. The Morgan fingerprint density at radius 1 is 1.13 bits per heavy atom. The second-order valence-electron chi connectivity index (χ2n) is 9.30. The summed E-state index contributed by atoms with van der Waals surface area (Å²) in [6.45, 7) is 6.44. The third-order valence-corrected chi connectivity index (χ3v) is 7.22. The van der Waals surface area contributed by atoms with Crippen LogP contribution in [0.1, 0.15) is 71.3 Å². The second kappa shape index (κ2) is 7.93. The van der Waals surface area contributed by atoms with Gasteiger partial charge in [0.25, 0.3) is 0 Å². The Morgan fingerprint density at radius 2 is 1.87 bits per heavy atom. The number of nitrogens with zero attached hydrogens (tertiary/aromatic N) is 1. The first-order valence-electron chi connectivity index (χ1n) is 11.3. The summed E-state index contributed by atoms with van der Waals surface area (Å²) in [5.41, 5.74) is 0.796. The highest BCUT2D eigenvalue weighted by Gasteiger charge is 2.58. The number of rotatable bonds is 8. The molecule has 5 nitrogen and oxygen atoms in total. The lowest BCUT2D eigenvalue weighted by molar-refractivity contribution is -0.133. The summed E-state index contributed by atoms with van der Waals surface area (Å²) in [5.74, 6) is -0.131. The van der Waals surface area contributed by atoms with E-state index < -0.39 is 17.2 Å². The summed E-state index contributed by atoms with van der Waals surface area (Å²) < 4.78 is 5.90. The van der Waals surface area contributed by atoms with E-state index in [-0.39, 0.29) is 18.1 Å². The van der Waals surface area contributed by atoms with Gasteiger partial charge in [0.2, 0.25) is 0 Å². The van der Waals surface area contributed by atoms with Crippen molar-refractivity contribution in [3.8, 4) is 0 Å². The van der Waals surface area contributed by atoms with E-state index in [1.54, 1.807) is 13.8 Å². The number of unbranched alkanes of at least 4 members (excludes halogenated alkanes) is 4. The van der Waals surface area contributed by atoms with E-state index in [0.29, 0.717) is 30.6 Å². The van der Waals surface area contributed by atoms with Crippen molar-refractivity contribution in [2.45, 2.75) is 77.5 Å². The van der Waals surface area contributed by atoms with Crippen LogP contribution in [0.2, 0.25) is 0 Å². The maximum atomic E-state index is 13.4. The molecule has 0 aromatic heterocycles. The van der Waals surface area contributed by atoms with Crippen molar-refractivity contribution in [1.82, 2.24) is 0 Å². The van der Waals surface area contributed by atoms with Crippen molar-refractivity contribution in [3.05, 3.63) is 41.0 Å². The van der Waals surface area contributed by atoms with E-state index in [4.69, 9.17) is 4.74 Å². The van der Waals surface area contributed by atoms with Crippen molar-refractivity contribution in [2.24, 2.45) is 5.41 Å². The first-order valence-corrected chi connectivity index (χ1v) is 11.3. The van der Waals surface area contributed by atoms with E-state index in [2.05, 4.69) is 6.92 Å². The Bertz CT molecular complexity index is 891. The largest absolute Gasteiger partial charge is 0.380 e.